The van der Waals surface area contributed by atoms with Crippen molar-refractivity contribution in [1.82, 2.24) is 0 Å². The summed E-state index contributed by atoms with van der Waals surface area (Å²) in [6.45, 7) is 1.39. The summed E-state index contributed by atoms with van der Waals surface area (Å²) in [5, 5.41) is 0. The van der Waals surface area contributed by atoms with Crippen LogP contribution in [0.4, 0.5) is 0 Å². The van der Waals surface area contributed by atoms with Crippen LogP contribution in [0.1, 0.15) is 38.2 Å². The Hall–Kier alpha value is -4.83. The van der Waals surface area contributed by atoms with Gasteiger partial charge in [0, 0.05) is 17.5 Å². The summed E-state index contributed by atoms with van der Waals surface area (Å²) in [6.07, 6.45) is 1.46. The number of ether oxygens (including phenoxy) is 3. The first-order chi connectivity index (χ1) is 19.3. The molecule has 0 fully saturated rings. The van der Waals surface area contributed by atoms with E-state index < -0.39 is 0 Å². The lowest BCUT2D eigenvalue weighted by atomic mass is 9.99. The van der Waals surface area contributed by atoms with E-state index in [1.54, 1.807) is 0 Å². The Kier molecular flexibility index (Phi) is 8.67. The van der Waals surface area contributed by atoms with E-state index in [2.05, 4.69) is 0 Å². The Morgan fingerprint density at radius 3 is 1.74 bits per heavy atom. The van der Waals surface area contributed by atoms with Crippen molar-refractivity contribution < 1.29 is 19.0 Å². The molecular weight excluding hydrogens is 484 g/mol. The van der Waals surface area contributed by atoms with Gasteiger partial charge in [-0.25, -0.2) is 0 Å². The van der Waals surface area contributed by atoms with Gasteiger partial charge in [0.2, 0.25) is 0 Å². The summed E-state index contributed by atoms with van der Waals surface area (Å²) >= 11 is 0. The minimum Gasteiger partial charge on any atom is -0.489 e. The van der Waals surface area contributed by atoms with Gasteiger partial charge in [0.15, 0.2) is 0 Å². The Labute approximate surface area is 229 Å². The van der Waals surface area contributed by atoms with Crippen LogP contribution in [0, 0.1) is 0 Å². The highest BCUT2D eigenvalue weighted by Crippen LogP contribution is 2.27. The number of hydrogen-bond acceptors (Lipinski definition) is 4. The predicted octanol–water partition coefficient (Wildman–Crippen LogP) is 7.83. The molecule has 194 valence electrons. The van der Waals surface area contributed by atoms with Crippen LogP contribution in [-0.2, 0) is 26.2 Å². The Balaban J connectivity index is 1.23. The molecule has 0 saturated heterocycles. The van der Waals surface area contributed by atoms with Crippen molar-refractivity contribution in [3.63, 3.8) is 0 Å². The topological polar surface area (TPSA) is 44.8 Å². The molecule has 39 heavy (non-hydrogen) atoms. The maximum Gasteiger partial charge on any atom is 0.150 e. The van der Waals surface area contributed by atoms with Gasteiger partial charge in [0.05, 0.1) is 0 Å². The zero-order valence-corrected chi connectivity index (χ0v) is 21.7. The lowest BCUT2D eigenvalue weighted by Gasteiger charge is -2.15. The lowest BCUT2D eigenvalue weighted by Crippen LogP contribution is -2.03. The van der Waals surface area contributed by atoms with E-state index in [1.807, 2.05) is 127 Å². The van der Waals surface area contributed by atoms with Crippen molar-refractivity contribution >= 4 is 6.29 Å². The fraction of sp³-hybridized carbons (Fsp3) is 0.114. The quantitative estimate of drug-likeness (QED) is 0.159. The molecule has 0 aromatic heterocycles. The van der Waals surface area contributed by atoms with E-state index in [-0.39, 0.29) is 0 Å². The zero-order valence-electron chi connectivity index (χ0n) is 21.7. The molecule has 0 atom stereocenters. The number of carbonyl (C=O) groups excluding carboxylic acids is 1. The molecule has 0 saturated carbocycles. The van der Waals surface area contributed by atoms with E-state index >= 15 is 0 Å². The molecule has 0 radical (unpaired) electrons. The normalized spacial score (nSPS) is 10.6. The summed E-state index contributed by atoms with van der Waals surface area (Å²) in [6, 6.07) is 41.6. The summed E-state index contributed by atoms with van der Waals surface area (Å²) in [4.78, 5) is 11.9. The summed E-state index contributed by atoms with van der Waals surface area (Å²) in [5.74, 6) is 2.29. The van der Waals surface area contributed by atoms with Crippen molar-refractivity contribution in [3.05, 3.63) is 161 Å². The molecule has 0 heterocycles. The van der Waals surface area contributed by atoms with Gasteiger partial charge < -0.3 is 14.2 Å². The van der Waals surface area contributed by atoms with E-state index in [9.17, 15) is 4.79 Å². The van der Waals surface area contributed by atoms with Gasteiger partial charge in [-0.15, -0.1) is 0 Å². The number of carbonyl (C=O) groups is 1. The maximum absolute atomic E-state index is 11.9. The molecule has 4 heteroatoms. The third kappa shape index (κ3) is 7.36. The monoisotopic (exact) mass is 514 g/mol. The Morgan fingerprint density at radius 1 is 0.487 bits per heavy atom. The van der Waals surface area contributed by atoms with Gasteiger partial charge >= 0.3 is 0 Å². The van der Waals surface area contributed by atoms with Crippen molar-refractivity contribution in [1.29, 1.82) is 0 Å². The van der Waals surface area contributed by atoms with Crippen LogP contribution in [0.5, 0.6) is 17.2 Å². The molecule has 4 nitrogen and oxygen atoms in total. The van der Waals surface area contributed by atoms with E-state index in [4.69, 9.17) is 14.2 Å². The molecule has 0 amide bonds. The second-order valence-electron chi connectivity index (χ2n) is 9.25. The van der Waals surface area contributed by atoms with Crippen LogP contribution in [-0.4, -0.2) is 6.29 Å². The first-order valence-electron chi connectivity index (χ1n) is 13.0. The van der Waals surface area contributed by atoms with Crippen LogP contribution in [0.3, 0.4) is 0 Å². The van der Waals surface area contributed by atoms with E-state index in [1.165, 1.54) is 0 Å². The first kappa shape index (κ1) is 25.8. The van der Waals surface area contributed by atoms with E-state index in [0.29, 0.717) is 37.6 Å². The lowest BCUT2D eigenvalue weighted by molar-refractivity contribution is 0.112. The van der Waals surface area contributed by atoms with Gasteiger partial charge in [-0.3, -0.25) is 4.79 Å². The highest BCUT2D eigenvalue weighted by atomic mass is 16.5. The fourth-order valence-electron chi connectivity index (χ4n) is 4.29. The third-order valence-electron chi connectivity index (χ3n) is 6.39. The van der Waals surface area contributed by atoms with Crippen LogP contribution >= 0.6 is 0 Å². The standard InChI is InChI=1S/C35H30O4/c36-23-31-14-8-16-35(39-26-30-13-7-15-33(21-30)38-25-29-11-5-2-6-12-29)34(31)22-27-17-19-32(20-18-27)37-24-28-9-3-1-4-10-28/h1-21,23H,22,24-26H2. The minimum absolute atomic E-state index is 0.365. The molecule has 0 unspecified atom stereocenters. The molecule has 0 aliphatic rings. The molecule has 0 aliphatic carbocycles. The second kappa shape index (κ2) is 13.1. The van der Waals surface area contributed by atoms with Gasteiger partial charge in [0.1, 0.15) is 43.4 Å². The SMILES string of the molecule is O=Cc1cccc(OCc2cccc(OCc3ccccc3)c2)c1Cc1ccc(OCc2ccccc2)cc1. The van der Waals surface area contributed by atoms with Gasteiger partial charge in [0.25, 0.3) is 0 Å². The van der Waals surface area contributed by atoms with Gasteiger partial charge in [-0.05, 0) is 52.6 Å². The summed E-state index contributed by atoms with van der Waals surface area (Å²) in [7, 11) is 0. The smallest absolute Gasteiger partial charge is 0.150 e. The number of hydrogen-bond donors (Lipinski definition) is 0. The van der Waals surface area contributed by atoms with Crippen molar-refractivity contribution in [2.24, 2.45) is 0 Å². The van der Waals surface area contributed by atoms with Gasteiger partial charge in [-0.1, -0.05) is 97.1 Å². The highest BCUT2D eigenvalue weighted by Gasteiger charge is 2.11. The van der Waals surface area contributed by atoms with Crippen LogP contribution in [0.25, 0.3) is 0 Å². The molecule has 0 aliphatic heterocycles. The largest absolute Gasteiger partial charge is 0.489 e. The summed E-state index contributed by atoms with van der Waals surface area (Å²) < 4.78 is 18.1. The predicted molar refractivity (Wildman–Crippen MR) is 153 cm³/mol. The molecule has 0 N–H and O–H groups in total. The number of benzene rings is 5. The first-order valence-corrected chi connectivity index (χ1v) is 13.0. The second-order valence-corrected chi connectivity index (χ2v) is 9.25. The van der Waals surface area contributed by atoms with Gasteiger partial charge in [-0.2, -0.15) is 0 Å². The minimum atomic E-state index is 0.365. The molecule has 0 bridgehead atoms. The molecule has 5 rings (SSSR count). The number of rotatable bonds is 12. The van der Waals surface area contributed by atoms with Crippen LogP contribution < -0.4 is 14.2 Å². The highest BCUT2D eigenvalue weighted by molar-refractivity contribution is 5.79. The molecule has 0 spiro atoms. The van der Waals surface area contributed by atoms with Crippen LogP contribution in [0.2, 0.25) is 0 Å². The number of aldehydes is 1. The van der Waals surface area contributed by atoms with E-state index in [0.717, 1.165) is 45.6 Å². The molecule has 5 aromatic carbocycles. The van der Waals surface area contributed by atoms with Crippen LogP contribution in [0.15, 0.2) is 127 Å². The zero-order chi connectivity index (χ0) is 26.7. The summed E-state index contributed by atoms with van der Waals surface area (Å²) in [5.41, 5.74) is 5.78. The van der Waals surface area contributed by atoms with Crippen molar-refractivity contribution in [3.8, 4) is 17.2 Å². The fourth-order valence-corrected chi connectivity index (χ4v) is 4.29. The maximum atomic E-state index is 11.9. The average molecular weight is 515 g/mol. The molecular formula is C35H30O4. The Morgan fingerprint density at radius 2 is 1.08 bits per heavy atom. The van der Waals surface area contributed by atoms with Crippen molar-refractivity contribution in [2.45, 2.75) is 26.2 Å². The van der Waals surface area contributed by atoms with Crippen molar-refractivity contribution in [2.75, 3.05) is 0 Å². The molecule has 5 aromatic rings. The Bertz CT molecular complexity index is 1480. The third-order valence-corrected chi connectivity index (χ3v) is 6.39. The average Bonchev–Trinajstić information content (AvgIpc) is 3.00.